The molecule has 1 aliphatic heterocycles. The highest BCUT2D eigenvalue weighted by atomic mass is 15.3. The van der Waals surface area contributed by atoms with Gasteiger partial charge in [0.2, 0.25) is 0 Å². The van der Waals surface area contributed by atoms with Gasteiger partial charge in [0.1, 0.15) is 0 Å². The van der Waals surface area contributed by atoms with Crippen LogP contribution in [0.2, 0.25) is 0 Å². The van der Waals surface area contributed by atoms with Crippen LogP contribution in [0.3, 0.4) is 0 Å². The molecule has 0 bridgehead atoms. The van der Waals surface area contributed by atoms with Crippen molar-refractivity contribution in [3.8, 4) is 0 Å². The largest absolute Gasteiger partial charge is 0.370 e. The fourth-order valence-corrected chi connectivity index (χ4v) is 3.18. The number of guanidine groups is 1. The molecule has 1 atom stereocenters. The first-order chi connectivity index (χ1) is 11.5. The van der Waals surface area contributed by atoms with Crippen LogP contribution in [0.5, 0.6) is 0 Å². The highest BCUT2D eigenvalue weighted by Crippen LogP contribution is 2.22. The fraction of sp³-hybridized carbons (Fsp3) is 0.632. The molecule has 134 valence electrons. The van der Waals surface area contributed by atoms with Gasteiger partial charge in [0.05, 0.1) is 6.54 Å². The minimum absolute atomic E-state index is 0.422. The first-order valence-electron chi connectivity index (χ1n) is 9.15. The second-order valence-corrected chi connectivity index (χ2v) is 6.70. The molecule has 1 unspecified atom stereocenters. The Hall–Kier alpha value is -1.59. The van der Waals surface area contributed by atoms with Crippen molar-refractivity contribution in [3.63, 3.8) is 0 Å². The number of piperazine rings is 1. The SMILES string of the molecule is CCc1cccc(CC)c1NC(N)=NCC(C)N1CCN(C)CC1. The van der Waals surface area contributed by atoms with Crippen molar-refractivity contribution in [2.45, 2.75) is 39.7 Å². The van der Waals surface area contributed by atoms with Crippen LogP contribution in [-0.2, 0) is 12.8 Å². The molecule has 0 amide bonds. The summed E-state index contributed by atoms with van der Waals surface area (Å²) in [7, 11) is 2.18. The van der Waals surface area contributed by atoms with Crippen LogP contribution in [-0.4, -0.2) is 61.6 Å². The summed E-state index contributed by atoms with van der Waals surface area (Å²) in [5.41, 5.74) is 9.88. The molecule has 1 aromatic rings. The summed E-state index contributed by atoms with van der Waals surface area (Å²) < 4.78 is 0. The van der Waals surface area contributed by atoms with Gasteiger partial charge in [-0.2, -0.15) is 0 Å². The maximum absolute atomic E-state index is 6.16. The summed E-state index contributed by atoms with van der Waals surface area (Å²) in [6, 6.07) is 6.85. The normalized spacial score (nSPS) is 18.6. The van der Waals surface area contributed by atoms with Gasteiger partial charge in [-0.25, -0.2) is 0 Å². The molecule has 0 aromatic heterocycles. The zero-order valence-corrected chi connectivity index (χ0v) is 15.7. The average molecular weight is 332 g/mol. The molecule has 0 aliphatic carbocycles. The maximum Gasteiger partial charge on any atom is 0.193 e. The van der Waals surface area contributed by atoms with E-state index in [0.717, 1.165) is 51.3 Å². The van der Waals surface area contributed by atoms with Gasteiger partial charge in [-0.05, 0) is 37.9 Å². The van der Waals surface area contributed by atoms with Crippen molar-refractivity contribution in [3.05, 3.63) is 29.3 Å². The highest BCUT2D eigenvalue weighted by Gasteiger charge is 2.18. The molecule has 5 nitrogen and oxygen atoms in total. The van der Waals surface area contributed by atoms with Gasteiger partial charge < -0.3 is 16.0 Å². The van der Waals surface area contributed by atoms with Gasteiger partial charge in [0.15, 0.2) is 5.96 Å². The van der Waals surface area contributed by atoms with Crippen LogP contribution in [0.15, 0.2) is 23.2 Å². The quantitative estimate of drug-likeness (QED) is 0.620. The molecular weight excluding hydrogens is 298 g/mol. The summed E-state index contributed by atoms with van der Waals surface area (Å²) in [6.45, 7) is 11.8. The fourth-order valence-electron chi connectivity index (χ4n) is 3.18. The lowest BCUT2D eigenvalue weighted by Gasteiger charge is -2.35. The molecule has 2 rings (SSSR count). The Morgan fingerprint density at radius 2 is 1.75 bits per heavy atom. The van der Waals surface area contributed by atoms with Gasteiger partial charge in [-0.15, -0.1) is 0 Å². The molecule has 24 heavy (non-hydrogen) atoms. The average Bonchev–Trinajstić information content (AvgIpc) is 2.60. The third-order valence-corrected chi connectivity index (χ3v) is 4.94. The monoisotopic (exact) mass is 331 g/mol. The minimum atomic E-state index is 0.422. The van der Waals surface area contributed by atoms with E-state index in [4.69, 9.17) is 5.73 Å². The smallest absolute Gasteiger partial charge is 0.193 e. The van der Waals surface area contributed by atoms with Crippen LogP contribution in [0.25, 0.3) is 0 Å². The second-order valence-electron chi connectivity index (χ2n) is 6.70. The van der Waals surface area contributed by atoms with Crippen LogP contribution >= 0.6 is 0 Å². The van der Waals surface area contributed by atoms with E-state index < -0.39 is 0 Å². The number of rotatable bonds is 6. The molecule has 0 saturated carbocycles. The molecular formula is C19H33N5. The van der Waals surface area contributed by atoms with E-state index in [-0.39, 0.29) is 0 Å². The summed E-state index contributed by atoms with van der Waals surface area (Å²) in [5.74, 6) is 0.520. The first kappa shape index (κ1) is 18.7. The molecule has 0 spiro atoms. The number of aryl methyl sites for hydroxylation is 2. The topological polar surface area (TPSA) is 56.9 Å². The number of para-hydroxylation sites is 1. The molecule has 1 saturated heterocycles. The van der Waals surface area contributed by atoms with Crippen molar-refractivity contribution in [2.24, 2.45) is 10.7 Å². The summed E-state index contributed by atoms with van der Waals surface area (Å²) in [6.07, 6.45) is 1.97. The molecule has 3 N–H and O–H groups in total. The highest BCUT2D eigenvalue weighted by molar-refractivity contribution is 5.93. The number of hydrogen-bond acceptors (Lipinski definition) is 3. The molecule has 1 fully saturated rings. The van der Waals surface area contributed by atoms with E-state index in [2.05, 4.69) is 66.1 Å². The van der Waals surface area contributed by atoms with Crippen molar-refractivity contribution < 1.29 is 0 Å². The molecule has 1 aliphatic rings. The predicted molar refractivity (Wildman–Crippen MR) is 104 cm³/mol. The minimum Gasteiger partial charge on any atom is -0.370 e. The number of nitrogens with one attached hydrogen (secondary N) is 1. The van der Waals surface area contributed by atoms with Crippen LogP contribution in [0, 0.1) is 0 Å². The lowest BCUT2D eigenvalue weighted by molar-refractivity contribution is 0.122. The third-order valence-electron chi connectivity index (χ3n) is 4.94. The second kappa shape index (κ2) is 9.04. The van der Waals surface area contributed by atoms with Crippen LogP contribution in [0.1, 0.15) is 31.9 Å². The number of nitrogens with two attached hydrogens (primary N) is 1. The molecule has 1 aromatic carbocycles. The molecule has 5 heteroatoms. The van der Waals surface area contributed by atoms with Crippen LogP contribution < -0.4 is 11.1 Å². The zero-order valence-electron chi connectivity index (χ0n) is 15.7. The Morgan fingerprint density at radius 1 is 1.17 bits per heavy atom. The van der Waals surface area contributed by atoms with Crippen molar-refractivity contribution in [2.75, 3.05) is 45.1 Å². The van der Waals surface area contributed by atoms with Crippen molar-refractivity contribution in [1.82, 2.24) is 9.80 Å². The Morgan fingerprint density at radius 3 is 2.29 bits per heavy atom. The zero-order chi connectivity index (χ0) is 17.5. The lowest BCUT2D eigenvalue weighted by atomic mass is 10.0. The predicted octanol–water partition coefficient (Wildman–Crippen LogP) is 2.17. The Bertz CT molecular complexity index is 524. The summed E-state index contributed by atoms with van der Waals surface area (Å²) in [4.78, 5) is 9.46. The van der Waals surface area contributed by atoms with Gasteiger partial charge in [0.25, 0.3) is 0 Å². The number of aliphatic imine (C=N–C) groups is 1. The number of anilines is 1. The van der Waals surface area contributed by atoms with Gasteiger partial charge in [0, 0.05) is 37.9 Å². The Labute approximate surface area is 146 Å². The van der Waals surface area contributed by atoms with Gasteiger partial charge >= 0.3 is 0 Å². The van der Waals surface area contributed by atoms with Gasteiger partial charge in [-0.3, -0.25) is 9.89 Å². The van der Waals surface area contributed by atoms with E-state index in [1.807, 2.05) is 0 Å². The third kappa shape index (κ3) is 4.95. The first-order valence-corrected chi connectivity index (χ1v) is 9.15. The molecule has 1 heterocycles. The number of benzene rings is 1. The van der Waals surface area contributed by atoms with E-state index in [9.17, 15) is 0 Å². The van der Waals surface area contributed by atoms with Crippen molar-refractivity contribution in [1.29, 1.82) is 0 Å². The van der Waals surface area contributed by atoms with E-state index >= 15 is 0 Å². The Kier molecular flexibility index (Phi) is 7.06. The Balaban J connectivity index is 1.97. The lowest BCUT2D eigenvalue weighted by Crippen LogP contribution is -2.49. The van der Waals surface area contributed by atoms with E-state index in [0.29, 0.717) is 12.0 Å². The molecule has 0 radical (unpaired) electrons. The van der Waals surface area contributed by atoms with E-state index in [1.54, 1.807) is 0 Å². The number of nitrogens with zero attached hydrogens (tertiary/aromatic N) is 3. The van der Waals surface area contributed by atoms with Gasteiger partial charge in [-0.1, -0.05) is 32.0 Å². The summed E-state index contributed by atoms with van der Waals surface area (Å²) >= 11 is 0. The number of hydrogen-bond donors (Lipinski definition) is 2. The number of likely N-dealkylation sites (N-methyl/N-ethyl adjacent to an activating group) is 1. The van der Waals surface area contributed by atoms with E-state index in [1.165, 1.54) is 11.1 Å². The van der Waals surface area contributed by atoms with Crippen molar-refractivity contribution >= 4 is 11.6 Å². The van der Waals surface area contributed by atoms with Crippen LogP contribution in [0.4, 0.5) is 5.69 Å². The standard InChI is InChI=1S/C19H33N5/c1-5-16-8-7-9-17(6-2)18(16)22-19(20)21-14-15(3)24-12-10-23(4)11-13-24/h7-9,15H,5-6,10-14H2,1-4H3,(H3,20,21,22). The summed E-state index contributed by atoms with van der Waals surface area (Å²) in [5, 5.41) is 3.35. The maximum atomic E-state index is 6.16.